The Bertz CT molecular complexity index is 665. The third-order valence-corrected chi connectivity index (χ3v) is 3.43. The maximum absolute atomic E-state index is 4.17. The van der Waals surface area contributed by atoms with Crippen molar-refractivity contribution in [2.75, 3.05) is 6.54 Å². The van der Waals surface area contributed by atoms with Crippen molar-refractivity contribution in [2.24, 2.45) is 7.05 Å². The topological polar surface area (TPSA) is 45.6 Å². The van der Waals surface area contributed by atoms with E-state index in [1.54, 1.807) is 0 Å². The lowest BCUT2D eigenvalue weighted by Crippen LogP contribution is -2.17. The average molecular weight is 254 g/mol. The standard InChI is InChI=1S/C15H18N4/c1-19-14(6-9-18-19)5-7-16-11-12-2-3-15-13(10-12)4-8-17-15/h2-4,6,8-10,16-17H,5,7,11H2,1H3. The summed E-state index contributed by atoms with van der Waals surface area (Å²) in [7, 11) is 1.98. The van der Waals surface area contributed by atoms with Crippen LogP contribution in [0.5, 0.6) is 0 Å². The number of nitrogens with zero attached hydrogens (tertiary/aromatic N) is 2. The third-order valence-electron chi connectivity index (χ3n) is 3.43. The van der Waals surface area contributed by atoms with E-state index in [1.165, 1.54) is 22.2 Å². The number of rotatable bonds is 5. The lowest BCUT2D eigenvalue weighted by molar-refractivity contribution is 0.643. The molecular formula is C15H18N4. The van der Waals surface area contributed by atoms with Gasteiger partial charge in [-0.2, -0.15) is 5.10 Å². The predicted octanol–water partition coefficient (Wildman–Crippen LogP) is 2.23. The molecule has 1 aromatic carbocycles. The minimum Gasteiger partial charge on any atom is -0.361 e. The van der Waals surface area contributed by atoms with E-state index in [2.05, 4.69) is 45.7 Å². The van der Waals surface area contributed by atoms with E-state index in [9.17, 15) is 0 Å². The Balaban J connectivity index is 1.53. The molecule has 19 heavy (non-hydrogen) atoms. The van der Waals surface area contributed by atoms with Crippen LogP contribution in [0.2, 0.25) is 0 Å². The van der Waals surface area contributed by atoms with Crippen molar-refractivity contribution in [3.8, 4) is 0 Å². The molecule has 4 heteroatoms. The number of aromatic amines is 1. The SMILES string of the molecule is Cn1nccc1CCNCc1ccc2[nH]ccc2c1. The molecule has 0 saturated heterocycles. The van der Waals surface area contributed by atoms with Crippen molar-refractivity contribution < 1.29 is 0 Å². The van der Waals surface area contributed by atoms with Gasteiger partial charge in [0.1, 0.15) is 0 Å². The van der Waals surface area contributed by atoms with Crippen LogP contribution >= 0.6 is 0 Å². The molecular weight excluding hydrogens is 236 g/mol. The minimum absolute atomic E-state index is 0.902. The maximum Gasteiger partial charge on any atom is 0.0492 e. The fourth-order valence-corrected chi connectivity index (χ4v) is 2.31. The summed E-state index contributed by atoms with van der Waals surface area (Å²) < 4.78 is 1.92. The van der Waals surface area contributed by atoms with E-state index in [0.29, 0.717) is 0 Å². The maximum atomic E-state index is 4.17. The summed E-state index contributed by atoms with van der Waals surface area (Å²) >= 11 is 0. The second kappa shape index (κ2) is 5.28. The van der Waals surface area contributed by atoms with Gasteiger partial charge < -0.3 is 10.3 Å². The van der Waals surface area contributed by atoms with E-state index < -0.39 is 0 Å². The minimum atomic E-state index is 0.902. The molecule has 2 N–H and O–H groups in total. The summed E-state index contributed by atoms with van der Waals surface area (Å²) in [5.74, 6) is 0. The van der Waals surface area contributed by atoms with Crippen LogP contribution in [0.4, 0.5) is 0 Å². The molecule has 0 atom stereocenters. The number of aryl methyl sites for hydroxylation is 1. The first-order chi connectivity index (χ1) is 9.33. The van der Waals surface area contributed by atoms with Crippen LogP contribution in [-0.4, -0.2) is 21.3 Å². The molecule has 2 heterocycles. The van der Waals surface area contributed by atoms with E-state index in [-0.39, 0.29) is 0 Å². The molecule has 3 aromatic rings. The summed E-state index contributed by atoms with van der Waals surface area (Å²) in [6.45, 7) is 1.86. The molecule has 0 amide bonds. The molecule has 2 aromatic heterocycles. The highest BCUT2D eigenvalue weighted by molar-refractivity contribution is 5.79. The van der Waals surface area contributed by atoms with Crippen molar-refractivity contribution in [1.82, 2.24) is 20.1 Å². The van der Waals surface area contributed by atoms with Crippen molar-refractivity contribution >= 4 is 10.9 Å². The van der Waals surface area contributed by atoms with Gasteiger partial charge in [0, 0.05) is 50.2 Å². The van der Waals surface area contributed by atoms with Crippen LogP contribution < -0.4 is 5.32 Å². The van der Waals surface area contributed by atoms with Crippen LogP contribution in [0.25, 0.3) is 10.9 Å². The monoisotopic (exact) mass is 254 g/mol. The van der Waals surface area contributed by atoms with Crippen LogP contribution in [0.3, 0.4) is 0 Å². The highest BCUT2D eigenvalue weighted by Gasteiger charge is 1.99. The molecule has 0 aliphatic rings. The van der Waals surface area contributed by atoms with Crippen LogP contribution in [0.1, 0.15) is 11.3 Å². The van der Waals surface area contributed by atoms with Gasteiger partial charge in [0.15, 0.2) is 0 Å². The van der Waals surface area contributed by atoms with Gasteiger partial charge >= 0.3 is 0 Å². The number of fused-ring (bicyclic) bond motifs is 1. The summed E-state index contributed by atoms with van der Waals surface area (Å²) in [6.07, 6.45) is 4.82. The number of aromatic nitrogens is 3. The molecule has 0 spiro atoms. The number of nitrogens with one attached hydrogen (secondary N) is 2. The van der Waals surface area contributed by atoms with Crippen molar-refractivity contribution in [3.63, 3.8) is 0 Å². The van der Waals surface area contributed by atoms with E-state index in [0.717, 1.165) is 19.5 Å². The molecule has 0 unspecified atom stereocenters. The molecule has 0 bridgehead atoms. The number of hydrogen-bond acceptors (Lipinski definition) is 2. The molecule has 0 aliphatic heterocycles. The Kier molecular flexibility index (Phi) is 3.33. The Labute approximate surface area is 112 Å². The second-order valence-corrected chi connectivity index (χ2v) is 4.77. The van der Waals surface area contributed by atoms with Crippen LogP contribution in [0, 0.1) is 0 Å². The van der Waals surface area contributed by atoms with Gasteiger partial charge in [0.2, 0.25) is 0 Å². The first-order valence-corrected chi connectivity index (χ1v) is 6.56. The van der Waals surface area contributed by atoms with Gasteiger partial charge in [-0.1, -0.05) is 6.07 Å². The summed E-state index contributed by atoms with van der Waals surface area (Å²) in [4.78, 5) is 3.21. The molecule has 0 radical (unpaired) electrons. The quantitative estimate of drug-likeness (QED) is 0.686. The number of H-pyrrole nitrogens is 1. The highest BCUT2D eigenvalue weighted by atomic mass is 15.3. The van der Waals surface area contributed by atoms with E-state index in [4.69, 9.17) is 0 Å². The largest absolute Gasteiger partial charge is 0.361 e. The lowest BCUT2D eigenvalue weighted by Gasteiger charge is -2.05. The van der Waals surface area contributed by atoms with Crippen molar-refractivity contribution in [1.29, 1.82) is 0 Å². The molecule has 4 nitrogen and oxygen atoms in total. The molecule has 3 rings (SSSR count). The Hall–Kier alpha value is -2.07. The summed E-state index contributed by atoms with van der Waals surface area (Å²) in [6, 6.07) is 10.7. The van der Waals surface area contributed by atoms with Gasteiger partial charge in [0.25, 0.3) is 0 Å². The predicted molar refractivity (Wildman–Crippen MR) is 76.9 cm³/mol. The van der Waals surface area contributed by atoms with Crippen molar-refractivity contribution in [3.05, 3.63) is 54.0 Å². The number of benzene rings is 1. The van der Waals surface area contributed by atoms with Crippen molar-refractivity contribution in [2.45, 2.75) is 13.0 Å². The van der Waals surface area contributed by atoms with Gasteiger partial charge in [-0.25, -0.2) is 0 Å². The van der Waals surface area contributed by atoms with Crippen LogP contribution in [-0.2, 0) is 20.0 Å². The average Bonchev–Trinajstić information content (AvgIpc) is 3.03. The van der Waals surface area contributed by atoms with E-state index in [1.807, 2.05) is 24.1 Å². The summed E-state index contributed by atoms with van der Waals surface area (Å²) in [5.41, 5.74) is 3.77. The zero-order valence-corrected chi connectivity index (χ0v) is 11.1. The zero-order valence-electron chi connectivity index (χ0n) is 11.1. The highest BCUT2D eigenvalue weighted by Crippen LogP contribution is 2.13. The van der Waals surface area contributed by atoms with Gasteiger partial charge in [0.05, 0.1) is 0 Å². The molecule has 0 saturated carbocycles. The van der Waals surface area contributed by atoms with Gasteiger partial charge in [-0.15, -0.1) is 0 Å². The zero-order chi connectivity index (χ0) is 13.1. The van der Waals surface area contributed by atoms with Gasteiger partial charge in [-0.3, -0.25) is 4.68 Å². The second-order valence-electron chi connectivity index (χ2n) is 4.77. The first kappa shape index (κ1) is 12.0. The Morgan fingerprint density at radius 1 is 1.26 bits per heavy atom. The summed E-state index contributed by atoms with van der Waals surface area (Å²) in [5, 5.41) is 8.91. The normalized spacial score (nSPS) is 11.2. The Morgan fingerprint density at radius 2 is 2.21 bits per heavy atom. The fraction of sp³-hybridized carbons (Fsp3) is 0.267. The lowest BCUT2D eigenvalue weighted by atomic mass is 10.1. The smallest absolute Gasteiger partial charge is 0.0492 e. The molecule has 0 fully saturated rings. The third kappa shape index (κ3) is 2.69. The number of hydrogen-bond donors (Lipinski definition) is 2. The fourth-order valence-electron chi connectivity index (χ4n) is 2.31. The first-order valence-electron chi connectivity index (χ1n) is 6.56. The molecule has 0 aliphatic carbocycles. The van der Waals surface area contributed by atoms with E-state index >= 15 is 0 Å². The Morgan fingerprint density at radius 3 is 3.05 bits per heavy atom. The van der Waals surface area contributed by atoms with Gasteiger partial charge in [-0.05, 0) is 35.2 Å². The van der Waals surface area contributed by atoms with Crippen LogP contribution in [0.15, 0.2) is 42.7 Å². The molecule has 98 valence electrons.